The Morgan fingerprint density at radius 1 is 1.40 bits per heavy atom. The van der Waals surface area contributed by atoms with Crippen LogP contribution in [0.15, 0.2) is 11.8 Å². The molecule has 15 heavy (non-hydrogen) atoms. The van der Waals surface area contributed by atoms with E-state index in [1.807, 2.05) is 19.9 Å². The molecule has 0 amide bonds. The van der Waals surface area contributed by atoms with Gasteiger partial charge in [-0.25, -0.2) is 0 Å². The standard InChI is InChI=1S/C12H17NO2/c1-12(2)6-4-3-5-7-15-9-10(8-13)11(12)14/h9H,3-7H2,1-2H3/b10-9-. The van der Waals surface area contributed by atoms with Crippen molar-refractivity contribution >= 4 is 5.78 Å². The molecule has 0 unspecified atom stereocenters. The fraction of sp³-hybridized carbons (Fsp3) is 0.667. The van der Waals surface area contributed by atoms with Crippen molar-refractivity contribution < 1.29 is 9.53 Å². The molecule has 1 aliphatic rings. The molecule has 0 saturated carbocycles. The first-order valence-corrected chi connectivity index (χ1v) is 5.34. The fourth-order valence-electron chi connectivity index (χ4n) is 1.68. The van der Waals surface area contributed by atoms with Crippen molar-refractivity contribution in [2.45, 2.75) is 39.5 Å². The second kappa shape index (κ2) is 4.97. The molecule has 0 fully saturated rings. The number of Topliss-reactive ketones (excluding diaryl/α,β-unsaturated/α-hetero) is 1. The number of carbonyl (C=O) groups is 1. The number of ether oxygens (including phenoxy) is 1. The van der Waals surface area contributed by atoms with Crippen molar-refractivity contribution in [3.63, 3.8) is 0 Å². The summed E-state index contributed by atoms with van der Waals surface area (Å²) in [6.45, 7) is 4.38. The highest BCUT2D eigenvalue weighted by atomic mass is 16.5. The number of ketones is 1. The SMILES string of the molecule is CC1(C)CCCCCO/C=C(/C#N)C1=O. The number of nitrogens with zero attached hydrogens (tertiary/aromatic N) is 1. The maximum absolute atomic E-state index is 11.9. The van der Waals surface area contributed by atoms with Crippen LogP contribution in [0.25, 0.3) is 0 Å². The average molecular weight is 207 g/mol. The molecule has 3 heteroatoms. The third-order valence-corrected chi connectivity index (χ3v) is 2.74. The highest BCUT2D eigenvalue weighted by molar-refractivity contribution is 6.02. The number of carbonyl (C=O) groups excluding carboxylic acids is 1. The van der Waals surface area contributed by atoms with E-state index in [-0.39, 0.29) is 11.4 Å². The lowest BCUT2D eigenvalue weighted by atomic mass is 9.80. The quantitative estimate of drug-likeness (QED) is 0.613. The molecule has 3 nitrogen and oxygen atoms in total. The average Bonchev–Trinajstić information content (AvgIpc) is 2.20. The first kappa shape index (κ1) is 11.8. The van der Waals surface area contributed by atoms with Crippen LogP contribution in [0.3, 0.4) is 0 Å². The van der Waals surface area contributed by atoms with E-state index in [9.17, 15) is 4.79 Å². The van der Waals surface area contributed by atoms with Gasteiger partial charge in [0, 0.05) is 5.41 Å². The zero-order valence-corrected chi connectivity index (χ0v) is 9.38. The topological polar surface area (TPSA) is 50.1 Å². The molecule has 0 aromatic carbocycles. The second-order valence-electron chi connectivity index (χ2n) is 4.54. The summed E-state index contributed by atoms with van der Waals surface area (Å²) >= 11 is 0. The van der Waals surface area contributed by atoms with Crippen LogP contribution in [-0.4, -0.2) is 12.4 Å². The number of hydrogen-bond acceptors (Lipinski definition) is 3. The summed E-state index contributed by atoms with van der Waals surface area (Å²) in [7, 11) is 0. The van der Waals surface area contributed by atoms with Gasteiger partial charge < -0.3 is 4.74 Å². The summed E-state index contributed by atoms with van der Waals surface area (Å²) < 4.78 is 5.17. The van der Waals surface area contributed by atoms with E-state index in [1.165, 1.54) is 6.26 Å². The molecule has 0 aromatic heterocycles. The van der Waals surface area contributed by atoms with Crippen LogP contribution in [0.4, 0.5) is 0 Å². The predicted octanol–water partition coefficient (Wildman–Crippen LogP) is 2.58. The van der Waals surface area contributed by atoms with Gasteiger partial charge in [-0.2, -0.15) is 5.26 Å². The number of hydrogen-bond donors (Lipinski definition) is 0. The van der Waals surface area contributed by atoms with E-state index in [4.69, 9.17) is 10.00 Å². The molecule has 0 atom stereocenters. The summed E-state index contributed by atoms with van der Waals surface area (Å²) in [4.78, 5) is 11.9. The Balaban J connectivity index is 2.89. The van der Waals surface area contributed by atoms with Crippen LogP contribution in [0, 0.1) is 16.7 Å². The van der Waals surface area contributed by atoms with Crippen molar-refractivity contribution in [3.8, 4) is 6.07 Å². The van der Waals surface area contributed by atoms with Gasteiger partial charge in [-0.15, -0.1) is 0 Å². The second-order valence-corrected chi connectivity index (χ2v) is 4.54. The normalized spacial score (nSPS) is 25.7. The Bertz CT molecular complexity index is 310. The van der Waals surface area contributed by atoms with Gasteiger partial charge in [0.05, 0.1) is 6.61 Å². The van der Waals surface area contributed by atoms with Gasteiger partial charge in [0.15, 0.2) is 5.78 Å². The smallest absolute Gasteiger partial charge is 0.182 e. The maximum atomic E-state index is 11.9. The minimum Gasteiger partial charge on any atom is -0.500 e. The zero-order valence-electron chi connectivity index (χ0n) is 9.38. The van der Waals surface area contributed by atoms with Gasteiger partial charge in [0.25, 0.3) is 0 Å². The first-order chi connectivity index (χ1) is 7.08. The number of rotatable bonds is 0. The summed E-state index contributed by atoms with van der Waals surface area (Å²) in [5.41, 5.74) is -0.302. The first-order valence-electron chi connectivity index (χ1n) is 5.34. The van der Waals surface area contributed by atoms with Gasteiger partial charge in [-0.05, 0) is 12.8 Å². The Morgan fingerprint density at radius 3 is 2.80 bits per heavy atom. The van der Waals surface area contributed by atoms with E-state index in [2.05, 4.69) is 0 Å². The molecule has 0 saturated heterocycles. The van der Waals surface area contributed by atoms with Crippen LogP contribution < -0.4 is 0 Å². The van der Waals surface area contributed by atoms with Crippen molar-refractivity contribution in [1.29, 1.82) is 5.26 Å². The lowest BCUT2D eigenvalue weighted by molar-refractivity contribution is -0.123. The monoisotopic (exact) mass is 207 g/mol. The van der Waals surface area contributed by atoms with Crippen molar-refractivity contribution in [2.75, 3.05) is 6.61 Å². The molecular formula is C12H17NO2. The summed E-state index contributed by atoms with van der Waals surface area (Å²) in [6, 6.07) is 1.91. The van der Waals surface area contributed by atoms with Crippen molar-refractivity contribution in [2.24, 2.45) is 5.41 Å². The molecule has 0 spiro atoms. The van der Waals surface area contributed by atoms with Crippen LogP contribution in [0.5, 0.6) is 0 Å². The third kappa shape index (κ3) is 3.09. The van der Waals surface area contributed by atoms with Crippen LogP contribution in [-0.2, 0) is 9.53 Å². The van der Waals surface area contributed by atoms with Gasteiger partial charge in [-0.1, -0.05) is 26.7 Å². The summed E-state index contributed by atoms with van der Waals surface area (Å²) in [5, 5.41) is 8.85. The van der Waals surface area contributed by atoms with E-state index in [0.717, 1.165) is 25.7 Å². The lowest BCUT2D eigenvalue weighted by Crippen LogP contribution is -2.26. The largest absolute Gasteiger partial charge is 0.500 e. The number of allylic oxidation sites excluding steroid dienone is 1. The van der Waals surface area contributed by atoms with Gasteiger partial charge >= 0.3 is 0 Å². The molecule has 0 aromatic rings. The van der Waals surface area contributed by atoms with Gasteiger partial charge in [0.2, 0.25) is 0 Å². The van der Waals surface area contributed by atoms with E-state index >= 15 is 0 Å². The van der Waals surface area contributed by atoms with Crippen molar-refractivity contribution in [1.82, 2.24) is 0 Å². The molecule has 0 aliphatic carbocycles. The Hall–Kier alpha value is -1.30. The van der Waals surface area contributed by atoms with Crippen LogP contribution in [0.1, 0.15) is 39.5 Å². The Labute approximate surface area is 90.7 Å². The summed E-state index contributed by atoms with van der Waals surface area (Å²) in [5.74, 6) is -0.105. The molecule has 0 bridgehead atoms. The Kier molecular flexibility index (Phi) is 3.90. The number of nitriles is 1. The zero-order chi connectivity index (χ0) is 11.3. The molecular weight excluding hydrogens is 190 g/mol. The molecule has 0 N–H and O–H groups in total. The molecule has 82 valence electrons. The minimum absolute atomic E-state index is 0.105. The van der Waals surface area contributed by atoms with E-state index < -0.39 is 5.41 Å². The lowest BCUT2D eigenvalue weighted by Gasteiger charge is -2.23. The Morgan fingerprint density at radius 2 is 2.13 bits per heavy atom. The third-order valence-electron chi connectivity index (χ3n) is 2.74. The molecule has 1 aliphatic heterocycles. The predicted molar refractivity (Wildman–Crippen MR) is 56.9 cm³/mol. The van der Waals surface area contributed by atoms with E-state index in [0.29, 0.717) is 6.61 Å². The maximum Gasteiger partial charge on any atom is 0.182 e. The molecule has 1 rings (SSSR count). The minimum atomic E-state index is -0.442. The van der Waals surface area contributed by atoms with Gasteiger partial charge in [-0.3, -0.25) is 4.79 Å². The molecule has 1 heterocycles. The van der Waals surface area contributed by atoms with E-state index in [1.54, 1.807) is 0 Å². The fourth-order valence-corrected chi connectivity index (χ4v) is 1.68. The molecule has 0 radical (unpaired) electrons. The summed E-state index contributed by atoms with van der Waals surface area (Å²) in [6.07, 6.45) is 5.23. The van der Waals surface area contributed by atoms with Crippen LogP contribution in [0.2, 0.25) is 0 Å². The van der Waals surface area contributed by atoms with Crippen molar-refractivity contribution in [3.05, 3.63) is 11.8 Å². The highest BCUT2D eigenvalue weighted by Gasteiger charge is 2.30. The van der Waals surface area contributed by atoms with Gasteiger partial charge in [0.1, 0.15) is 17.9 Å². The highest BCUT2D eigenvalue weighted by Crippen LogP contribution is 2.28. The van der Waals surface area contributed by atoms with Crippen LogP contribution >= 0.6 is 0 Å².